The fraction of sp³-hybridized carbons (Fsp3) is 0.393. The van der Waals surface area contributed by atoms with Crippen LogP contribution >= 0.6 is 27.7 Å². The average molecular weight is 602 g/mol. The molecule has 0 saturated carbocycles. The van der Waals surface area contributed by atoms with Crippen molar-refractivity contribution >= 4 is 39.6 Å². The maximum absolute atomic E-state index is 13.3. The lowest BCUT2D eigenvalue weighted by Crippen LogP contribution is -2.30. The molecule has 2 heterocycles. The molecular weight excluding hydrogens is 568 g/mol. The van der Waals surface area contributed by atoms with Gasteiger partial charge in [0.2, 0.25) is 11.1 Å². The Morgan fingerprint density at radius 1 is 1.18 bits per heavy atom. The second-order valence-corrected chi connectivity index (χ2v) is 11.2. The van der Waals surface area contributed by atoms with Crippen LogP contribution in [0.5, 0.6) is 11.5 Å². The summed E-state index contributed by atoms with van der Waals surface area (Å²) >= 11 is 5.25. The number of carbonyl (C=O) groups excluding carboxylic acids is 1. The minimum Gasteiger partial charge on any atom is -0.490 e. The molecule has 0 fully saturated rings. The summed E-state index contributed by atoms with van der Waals surface area (Å²) < 4.78 is 20.4. The number of hydrogen-bond acceptors (Lipinski definition) is 8. The van der Waals surface area contributed by atoms with E-state index in [0.717, 1.165) is 22.4 Å². The van der Waals surface area contributed by atoms with Gasteiger partial charge >= 0.3 is 5.97 Å². The number of allylic oxidation sites excluding steroid dienone is 1. The van der Waals surface area contributed by atoms with Crippen LogP contribution in [0, 0.1) is 6.92 Å². The molecule has 1 atom stereocenters. The van der Waals surface area contributed by atoms with Gasteiger partial charge in [-0.2, -0.15) is 4.98 Å². The third kappa shape index (κ3) is 6.02. The number of aryl methyl sites for hydroxylation is 1. The van der Waals surface area contributed by atoms with Gasteiger partial charge in [0.1, 0.15) is 12.6 Å². The average Bonchev–Trinajstić information content (AvgIpc) is 3.25. The van der Waals surface area contributed by atoms with E-state index in [1.54, 1.807) is 4.68 Å². The minimum atomic E-state index is -0.572. The van der Waals surface area contributed by atoms with E-state index < -0.39 is 12.0 Å². The fourth-order valence-corrected chi connectivity index (χ4v) is 5.37. The van der Waals surface area contributed by atoms with E-state index in [4.69, 9.17) is 19.3 Å². The molecule has 202 valence electrons. The van der Waals surface area contributed by atoms with Crippen molar-refractivity contribution in [2.24, 2.45) is 0 Å². The van der Waals surface area contributed by atoms with Gasteiger partial charge in [0.05, 0.1) is 22.8 Å². The van der Waals surface area contributed by atoms with Crippen LogP contribution in [-0.2, 0) is 16.1 Å². The number of nitrogens with one attached hydrogen (secondary N) is 1. The Bertz CT molecular complexity index is 1350. The number of ether oxygens (including phenoxy) is 3. The fourth-order valence-electron chi connectivity index (χ4n) is 4.24. The van der Waals surface area contributed by atoms with E-state index in [0.29, 0.717) is 51.6 Å². The van der Waals surface area contributed by atoms with Crippen LogP contribution in [0.4, 0.5) is 5.95 Å². The second-order valence-electron chi connectivity index (χ2n) is 9.09. The first-order chi connectivity index (χ1) is 18.2. The quantitative estimate of drug-likeness (QED) is 0.204. The second kappa shape index (κ2) is 12.3. The highest BCUT2D eigenvalue weighted by Gasteiger charge is 2.36. The van der Waals surface area contributed by atoms with E-state index in [9.17, 15) is 4.79 Å². The van der Waals surface area contributed by atoms with Crippen molar-refractivity contribution < 1.29 is 19.0 Å². The maximum Gasteiger partial charge on any atom is 0.338 e. The summed E-state index contributed by atoms with van der Waals surface area (Å²) in [5.41, 5.74) is 4.17. The number of fused-ring (bicyclic) bond motifs is 1. The van der Waals surface area contributed by atoms with Crippen LogP contribution in [0.2, 0.25) is 0 Å². The first kappa shape index (κ1) is 28.0. The zero-order valence-corrected chi connectivity index (χ0v) is 24.9. The van der Waals surface area contributed by atoms with Crippen molar-refractivity contribution in [3.05, 3.63) is 68.8 Å². The van der Waals surface area contributed by atoms with Crippen molar-refractivity contribution in [3.8, 4) is 11.5 Å². The maximum atomic E-state index is 13.3. The van der Waals surface area contributed by atoms with Crippen LogP contribution in [0.1, 0.15) is 57.4 Å². The number of carbonyl (C=O) groups is 1. The van der Waals surface area contributed by atoms with E-state index in [2.05, 4.69) is 39.2 Å². The molecular formula is C28H33BrN4O4S. The minimum absolute atomic E-state index is 0.269. The van der Waals surface area contributed by atoms with Crippen LogP contribution in [0.3, 0.4) is 0 Å². The molecule has 10 heteroatoms. The molecule has 8 nitrogen and oxygen atoms in total. The molecule has 1 N–H and O–H groups in total. The Morgan fingerprint density at radius 2 is 1.95 bits per heavy atom. The number of esters is 1. The summed E-state index contributed by atoms with van der Waals surface area (Å²) in [5.74, 6) is 2.16. The van der Waals surface area contributed by atoms with Crippen LogP contribution in [0.25, 0.3) is 0 Å². The van der Waals surface area contributed by atoms with Gasteiger partial charge in [0.25, 0.3) is 0 Å². The van der Waals surface area contributed by atoms with Gasteiger partial charge in [-0.25, -0.2) is 9.48 Å². The van der Waals surface area contributed by atoms with E-state index in [1.807, 2.05) is 65.0 Å². The van der Waals surface area contributed by atoms with Crippen molar-refractivity contribution in [1.82, 2.24) is 14.8 Å². The molecule has 0 aliphatic carbocycles. The standard InChI is InChI=1S/C28H33BrN4O4S/c1-7-35-22-14-20(13-21(29)25(22)36-15-19-12-10-9-11-17(19)5)24-23(26(34)37-16(3)4)18(6)30-27-31-28(38-8-2)32-33(24)27/h9-14,16,24H,7-8,15H2,1-6H3,(H,30,31,32). The van der Waals surface area contributed by atoms with Crippen molar-refractivity contribution in [1.29, 1.82) is 0 Å². The molecule has 1 aliphatic heterocycles. The van der Waals surface area contributed by atoms with Crippen LogP contribution in [0.15, 0.2) is 57.3 Å². The highest BCUT2D eigenvalue weighted by atomic mass is 79.9. The van der Waals surface area contributed by atoms with Gasteiger partial charge in [-0.15, -0.1) is 5.10 Å². The number of rotatable bonds is 10. The van der Waals surface area contributed by atoms with Gasteiger partial charge in [0.15, 0.2) is 11.5 Å². The molecule has 0 amide bonds. The number of benzene rings is 2. The van der Waals surface area contributed by atoms with E-state index in [-0.39, 0.29) is 6.10 Å². The SMILES string of the molecule is CCOc1cc(C2C(C(=O)OC(C)C)=C(C)Nc3nc(SCC)nn32)cc(Br)c1OCc1ccccc1C. The smallest absolute Gasteiger partial charge is 0.338 e. The molecule has 1 aliphatic rings. The zero-order valence-electron chi connectivity index (χ0n) is 22.5. The van der Waals surface area contributed by atoms with Crippen molar-refractivity contribution in [3.63, 3.8) is 0 Å². The summed E-state index contributed by atoms with van der Waals surface area (Å²) in [5, 5.41) is 8.61. The van der Waals surface area contributed by atoms with Gasteiger partial charge in [-0.1, -0.05) is 43.0 Å². The number of hydrogen-bond donors (Lipinski definition) is 1. The van der Waals surface area contributed by atoms with Crippen molar-refractivity contribution in [2.75, 3.05) is 17.7 Å². The van der Waals surface area contributed by atoms with Gasteiger partial charge in [0, 0.05) is 5.70 Å². The molecule has 3 aromatic rings. The zero-order chi connectivity index (χ0) is 27.4. The summed E-state index contributed by atoms with van der Waals surface area (Å²) in [7, 11) is 0. The first-order valence-electron chi connectivity index (χ1n) is 12.6. The first-order valence-corrected chi connectivity index (χ1v) is 14.4. The summed E-state index contributed by atoms with van der Waals surface area (Å²) in [6, 6.07) is 11.4. The van der Waals surface area contributed by atoms with Crippen LogP contribution in [-0.4, -0.2) is 39.2 Å². The third-order valence-corrected chi connectivity index (χ3v) is 7.26. The Hall–Kier alpha value is -2.98. The summed E-state index contributed by atoms with van der Waals surface area (Å²) in [6.07, 6.45) is -0.269. The van der Waals surface area contributed by atoms with Gasteiger partial charge in [-0.05, 0) is 85.1 Å². The number of anilines is 1. The predicted molar refractivity (Wildman–Crippen MR) is 153 cm³/mol. The molecule has 0 saturated heterocycles. The van der Waals surface area contributed by atoms with Crippen molar-refractivity contribution in [2.45, 2.75) is 65.5 Å². The molecule has 2 aromatic carbocycles. The lowest BCUT2D eigenvalue weighted by molar-refractivity contribution is -0.143. The lowest BCUT2D eigenvalue weighted by Gasteiger charge is -2.29. The lowest BCUT2D eigenvalue weighted by atomic mass is 9.95. The normalized spacial score (nSPS) is 14.8. The molecule has 1 aromatic heterocycles. The highest BCUT2D eigenvalue weighted by Crippen LogP contribution is 2.43. The number of aromatic nitrogens is 3. The Morgan fingerprint density at radius 3 is 2.63 bits per heavy atom. The van der Waals surface area contributed by atoms with E-state index >= 15 is 0 Å². The summed E-state index contributed by atoms with van der Waals surface area (Å²) in [6.45, 7) is 12.4. The van der Waals surface area contributed by atoms with Crippen LogP contribution < -0.4 is 14.8 Å². The van der Waals surface area contributed by atoms with E-state index in [1.165, 1.54) is 11.8 Å². The van der Waals surface area contributed by atoms with Gasteiger partial charge in [-0.3, -0.25) is 0 Å². The number of thioether (sulfide) groups is 1. The number of halogens is 1. The molecule has 1 unspecified atom stereocenters. The topological polar surface area (TPSA) is 87.5 Å². The number of nitrogens with zero attached hydrogens (tertiary/aromatic N) is 3. The molecule has 38 heavy (non-hydrogen) atoms. The molecule has 4 rings (SSSR count). The van der Waals surface area contributed by atoms with Gasteiger partial charge < -0.3 is 19.5 Å². The Kier molecular flexibility index (Phi) is 9.04. The largest absolute Gasteiger partial charge is 0.490 e. The summed E-state index contributed by atoms with van der Waals surface area (Å²) in [4.78, 5) is 18.0. The Balaban J connectivity index is 1.80. The molecule has 0 radical (unpaired) electrons. The molecule has 0 bridgehead atoms. The molecule has 0 spiro atoms. The Labute approximate surface area is 236 Å². The third-order valence-electron chi connectivity index (χ3n) is 5.95. The predicted octanol–water partition coefficient (Wildman–Crippen LogP) is 6.68. The highest BCUT2D eigenvalue weighted by molar-refractivity contribution is 9.10. The monoisotopic (exact) mass is 600 g/mol.